The Hall–Kier alpha value is -2.90. The third-order valence-corrected chi connectivity index (χ3v) is 4.29. The van der Waals surface area contributed by atoms with E-state index in [0.29, 0.717) is 37.9 Å². The molecule has 0 atom stereocenters. The molecule has 0 spiro atoms. The highest BCUT2D eigenvalue weighted by molar-refractivity contribution is 5.78. The van der Waals surface area contributed by atoms with Crippen LogP contribution in [0, 0.1) is 12.7 Å². The molecule has 8 heteroatoms. The Morgan fingerprint density at radius 2 is 1.89 bits per heavy atom. The molecule has 1 N–H and O–H groups in total. The van der Waals surface area contributed by atoms with Gasteiger partial charge >= 0.3 is 0 Å². The first-order chi connectivity index (χ1) is 13.0. The van der Waals surface area contributed by atoms with Gasteiger partial charge in [-0.1, -0.05) is 0 Å². The van der Waals surface area contributed by atoms with Crippen LogP contribution in [-0.4, -0.2) is 60.1 Å². The van der Waals surface area contributed by atoms with Gasteiger partial charge in [-0.2, -0.15) is 4.98 Å². The SMILES string of the molecule is CCNc1cc(C)nc(N2CCN(C(=O)COc3ccc(F)cc3)CC2)n1. The quantitative estimate of drug-likeness (QED) is 0.836. The molecule has 0 unspecified atom stereocenters. The molecule has 0 saturated carbocycles. The van der Waals surface area contributed by atoms with Crippen LogP contribution in [0.25, 0.3) is 0 Å². The Morgan fingerprint density at radius 3 is 2.56 bits per heavy atom. The maximum absolute atomic E-state index is 12.9. The molecule has 1 aromatic heterocycles. The van der Waals surface area contributed by atoms with Gasteiger partial charge in [0.15, 0.2) is 6.61 Å². The minimum absolute atomic E-state index is 0.0584. The number of hydrogen-bond donors (Lipinski definition) is 1. The zero-order chi connectivity index (χ0) is 19.2. The van der Waals surface area contributed by atoms with E-state index in [-0.39, 0.29) is 18.3 Å². The summed E-state index contributed by atoms with van der Waals surface area (Å²) in [7, 11) is 0. The highest BCUT2D eigenvalue weighted by atomic mass is 19.1. The summed E-state index contributed by atoms with van der Waals surface area (Å²) in [4.78, 5) is 25.2. The number of hydrogen-bond acceptors (Lipinski definition) is 6. The van der Waals surface area contributed by atoms with Crippen molar-refractivity contribution in [2.45, 2.75) is 13.8 Å². The first-order valence-electron chi connectivity index (χ1n) is 9.06. The van der Waals surface area contributed by atoms with Crippen molar-refractivity contribution in [3.8, 4) is 5.75 Å². The molecule has 0 aliphatic carbocycles. The number of anilines is 2. The fraction of sp³-hybridized carbons (Fsp3) is 0.421. The number of aromatic nitrogens is 2. The van der Waals surface area contributed by atoms with E-state index in [9.17, 15) is 9.18 Å². The first kappa shape index (κ1) is 18.9. The standard InChI is InChI=1S/C19H24FN5O2/c1-3-21-17-12-14(2)22-19(23-17)25-10-8-24(9-11-25)18(26)13-27-16-6-4-15(20)5-7-16/h4-7,12H,3,8-11,13H2,1-2H3,(H,21,22,23). The van der Waals surface area contributed by atoms with E-state index >= 15 is 0 Å². The van der Waals surface area contributed by atoms with E-state index < -0.39 is 0 Å². The number of nitrogens with zero attached hydrogens (tertiary/aromatic N) is 4. The Morgan fingerprint density at radius 1 is 1.19 bits per heavy atom. The number of ether oxygens (including phenoxy) is 1. The van der Waals surface area contributed by atoms with Crippen molar-refractivity contribution >= 4 is 17.7 Å². The zero-order valence-corrected chi connectivity index (χ0v) is 15.6. The number of piperazine rings is 1. The van der Waals surface area contributed by atoms with Crippen molar-refractivity contribution in [2.24, 2.45) is 0 Å². The minimum atomic E-state index is -0.333. The molecule has 1 aliphatic heterocycles. The molecule has 144 valence electrons. The van der Waals surface area contributed by atoms with Crippen LogP contribution in [0.4, 0.5) is 16.2 Å². The van der Waals surface area contributed by atoms with Crippen LogP contribution in [0.3, 0.4) is 0 Å². The Bertz CT molecular complexity index is 776. The predicted molar refractivity (Wildman–Crippen MR) is 102 cm³/mol. The molecular formula is C19H24FN5O2. The maximum atomic E-state index is 12.9. The lowest BCUT2D eigenvalue weighted by Crippen LogP contribution is -2.50. The van der Waals surface area contributed by atoms with Crippen molar-refractivity contribution in [1.82, 2.24) is 14.9 Å². The third-order valence-electron chi connectivity index (χ3n) is 4.29. The molecule has 1 saturated heterocycles. The van der Waals surface area contributed by atoms with Gasteiger partial charge in [-0.15, -0.1) is 0 Å². The van der Waals surface area contributed by atoms with Gasteiger partial charge in [0.05, 0.1) is 0 Å². The van der Waals surface area contributed by atoms with Gasteiger partial charge in [0.2, 0.25) is 5.95 Å². The first-order valence-corrected chi connectivity index (χ1v) is 9.06. The molecule has 2 heterocycles. The second kappa shape index (κ2) is 8.66. The number of carbonyl (C=O) groups excluding carboxylic acids is 1. The fourth-order valence-corrected chi connectivity index (χ4v) is 2.89. The highest BCUT2D eigenvalue weighted by Crippen LogP contribution is 2.16. The van der Waals surface area contributed by atoms with Crippen molar-refractivity contribution in [1.29, 1.82) is 0 Å². The Labute approximate surface area is 158 Å². The summed E-state index contributed by atoms with van der Waals surface area (Å²) in [5.41, 5.74) is 0.905. The molecule has 7 nitrogen and oxygen atoms in total. The van der Waals surface area contributed by atoms with Crippen LogP contribution >= 0.6 is 0 Å². The van der Waals surface area contributed by atoms with Gasteiger partial charge in [0.1, 0.15) is 17.4 Å². The molecule has 1 fully saturated rings. The smallest absolute Gasteiger partial charge is 0.260 e. The van der Waals surface area contributed by atoms with Crippen LogP contribution in [0.1, 0.15) is 12.6 Å². The second-order valence-corrected chi connectivity index (χ2v) is 6.34. The van der Waals surface area contributed by atoms with Crippen molar-refractivity contribution < 1.29 is 13.9 Å². The van der Waals surface area contributed by atoms with Crippen molar-refractivity contribution in [2.75, 3.05) is 49.5 Å². The normalized spacial score (nSPS) is 14.2. The van der Waals surface area contributed by atoms with Crippen LogP contribution in [0.15, 0.2) is 30.3 Å². The summed E-state index contributed by atoms with van der Waals surface area (Å²) in [6.45, 7) is 7.20. The summed E-state index contributed by atoms with van der Waals surface area (Å²) >= 11 is 0. The molecule has 2 aromatic rings. The number of nitrogens with one attached hydrogen (secondary N) is 1. The monoisotopic (exact) mass is 373 g/mol. The van der Waals surface area contributed by atoms with Gasteiger partial charge in [0, 0.05) is 44.5 Å². The van der Waals surface area contributed by atoms with E-state index in [1.807, 2.05) is 19.9 Å². The van der Waals surface area contributed by atoms with E-state index in [1.165, 1.54) is 24.3 Å². The number of benzene rings is 1. The van der Waals surface area contributed by atoms with Gasteiger partial charge in [-0.3, -0.25) is 4.79 Å². The molecule has 27 heavy (non-hydrogen) atoms. The molecule has 1 amide bonds. The average Bonchev–Trinajstić information content (AvgIpc) is 2.67. The fourth-order valence-electron chi connectivity index (χ4n) is 2.89. The molecule has 3 rings (SSSR count). The summed E-state index contributed by atoms with van der Waals surface area (Å²) < 4.78 is 18.3. The van der Waals surface area contributed by atoms with Gasteiger partial charge < -0.3 is 19.9 Å². The molecular weight excluding hydrogens is 349 g/mol. The van der Waals surface area contributed by atoms with Crippen molar-refractivity contribution in [3.63, 3.8) is 0 Å². The van der Waals surface area contributed by atoms with Crippen LogP contribution in [0.2, 0.25) is 0 Å². The maximum Gasteiger partial charge on any atom is 0.260 e. The Balaban J connectivity index is 1.52. The van der Waals surface area contributed by atoms with Crippen LogP contribution in [-0.2, 0) is 4.79 Å². The summed E-state index contributed by atoms with van der Waals surface area (Å²) in [6.07, 6.45) is 0. The van der Waals surface area contributed by atoms with Gasteiger partial charge in [-0.25, -0.2) is 9.37 Å². The summed E-state index contributed by atoms with van der Waals surface area (Å²) in [6, 6.07) is 7.55. The lowest BCUT2D eigenvalue weighted by Gasteiger charge is -2.34. The topological polar surface area (TPSA) is 70.6 Å². The number of rotatable bonds is 6. The average molecular weight is 373 g/mol. The van der Waals surface area contributed by atoms with E-state index in [2.05, 4.69) is 20.2 Å². The largest absolute Gasteiger partial charge is 0.484 e. The number of aryl methyl sites for hydroxylation is 1. The van der Waals surface area contributed by atoms with Crippen LogP contribution < -0.4 is 15.0 Å². The van der Waals surface area contributed by atoms with E-state index in [0.717, 1.165) is 18.1 Å². The number of halogens is 1. The zero-order valence-electron chi connectivity index (χ0n) is 15.6. The molecule has 0 bridgehead atoms. The summed E-state index contributed by atoms with van der Waals surface area (Å²) in [5.74, 6) is 1.55. The Kier molecular flexibility index (Phi) is 6.05. The number of carbonyl (C=O) groups is 1. The van der Waals surface area contributed by atoms with Crippen molar-refractivity contribution in [3.05, 3.63) is 41.8 Å². The van der Waals surface area contributed by atoms with E-state index in [4.69, 9.17) is 4.74 Å². The van der Waals surface area contributed by atoms with E-state index in [1.54, 1.807) is 4.90 Å². The van der Waals surface area contributed by atoms with Crippen LogP contribution in [0.5, 0.6) is 5.75 Å². The highest BCUT2D eigenvalue weighted by Gasteiger charge is 2.23. The minimum Gasteiger partial charge on any atom is -0.484 e. The third kappa shape index (κ3) is 5.06. The molecule has 0 radical (unpaired) electrons. The van der Waals surface area contributed by atoms with Gasteiger partial charge in [-0.05, 0) is 38.1 Å². The molecule has 1 aliphatic rings. The summed E-state index contributed by atoms with van der Waals surface area (Å²) in [5, 5.41) is 3.21. The lowest BCUT2D eigenvalue weighted by atomic mass is 10.3. The number of amides is 1. The predicted octanol–water partition coefficient (Wildman–Crippen LogP) is 2.08. The lowest BCUT2D eigenvalue weighted by molar-refractivity contribution is -0.133. The second-order valence-electron chi connectivity index (χ2n) is 6.34. The van der Waals surface area contributed by atoms with Gasteiger partial charge in [0.25, 0.3) is 5.91 Å². The molecule has 1 aromatic carbocycles.